The largest absolute Gasteiger partial charge is 0.453 e. The van der Waals surface area contributed by atoms with Gasteiger partial charge in [-0.1, -0.05) is 25.0 Å². The van der Waals surface area contributed by atoms with E-state index in [2.05, 4.69) is 35.8 Å². The minimum absolute atomic E-state index is 0.184. The van der Waals surface area contributed by atoms with Crippen LogP contribution < -0.4 is 20.9 Å². The molecule has 2 aromatic heterocycles. The summed E-state index contributed by atoms with van der Waals surface area (Å²) in [7, 11) is 1.33. The molecular formula is C29H34F3N7O2. The number of amides is 1. The Morgan fingerprint density at radius 3 is 2.49 bits per heavy atom. The second-order valence-electron chi connectivity index (χ2n) is 10.5. The second kappa shape index (κ2) is 12.7. The van der Waals surface area contributed by atoms with Crippen LogP contribution in [0.2, 0.25) is 0 Å². The summed E-state index contributed by atoms with van der Waals surface area (Å²) < 4.78 is 43.3. The maximum Gasteiger partial charge on any atom is 0.451 e. The van der Waals surface area contributed by atoms with Gasteiger partial charge in [-0.25, -0.2) is 19.7 Å². The van der Waals surface area contributed by atoms with Gasteiger partial charge in [-0.3, -0.25) is 5.32 Å². The van der Waals surface area contributed by atoms with Crippen molar-refractivity contribution in [2.75, 3.05) is 35.7 Å². The van der Waals surface area contributed by atoms with E-state index >= 15 is 0 Å². The molecule has 1 aliphatic carbocycles. The van der Waals surface area contributed by atoms with Crippen molar-refractivity contribution in [3.63, 3.8) is 0 Å². The minimum Gasteiger partial charge on any atom is -0.453 e. The number of nitrogens with one attached hydrogen (secondary N) is 3. The summed E-state index contributed by atoms with van der Waals surface area (Å²) in [5, 5.41) is 10.2. The first-order valence-electron chi connectivity index (χ1n) is 13.9. The number of nitrogens with zero attached hydrogens (tertiary/aromatic N) is 4. The fourth-order valence-corrected chi connectivity index (χ4v) is 5.61. The Kier molecular flexibility index (Phi) is 8.87. The Hall–Kier alpha value is -3.93. The van der Waals surface area contributed by atoms with Gasteiger partial charge in [-0.05, 0) is 61.1 Å². The zero-order valence-corrected chi connectivity index (χ0v) is 22.8. The summed E-state index contributed by atoms with van der Waals surface area (Å²) in [6.07, 6.45) is 5.44. The lowest BCUT2D eigenvalue weighted by Gasteiger charge is -2.40. The van der Waals surface area contributed by atoms with Gasteiger partial charge in [0.1, 0.15) is 5.82 Å². The van der Waals surface area contributed by atoms with Crippen LogP contribution in [0, 0.1) is 0 Å². The lowest BCUT2D eigenvalue weighted by Crippen LogP contribution is -2.55. The molecule has 1 amide bonds. The van der Waals surface area contributed by atoms with Crippen molar-refractivity contribution >= 4 is 23.3 Å². The number of aromatic nitrogens is 3. The molecule has 0 spiro atoms. The number of hydrogen-bond acceptors (Lipinski definition) is 8. The maximum atomic E-state index is 12.9. The Morgan fingerprint density at radius 1 is 0.976 bits per heavy atom. The zero-order chi connectivity index (χ0) is 28.8. The number of ether oxygens (including phenoxy) is 1. The van der Waals surface area contributed by atoms with E-state index in [4.69, 9.17) is 4.74 Å². The summed E-state index contributed by atoms with van der Waals surface area (Å²) in [6.45, 7) is 1.44. The summed E-state index contributed by atoms with van der Waals surface area (Å²) in [6, 6.07) is 12.1. The average Bonchev–Trinajstić information content (AvgIpc) is 2.98. The van der Waals surface area contributed by atoms with Crippen molar-refractivity contribution in [1.29, 1.82) is 0 Å². The maximum absolute atomic E-state index is 12.9. The number of benzene rings is 1. The van der Waals surface area contributed by atoms with Crippen molar-refractivity contribution in [2.45, 2.75) is 62.8 Å². The van der Waals surface area contributed by atoms with E-state index in [-0.39, 0.29) is 18.1 Å². The summed E-state index contributed by atoms with van der Waals surface area (Å²) in [5.74, 6) is -0.341. The highest BCUT2D eigenvalue weighted by Crippen LogP contribution is 2.29. The number of rotatable bonds is 7. The summed E-state index contributed by atoms with van der Waals surface area (Å²) >= 11 is 0. The molecule has 218 valence electrons. The predicted molar refractivity (Wildman–Crippen MR) is 151 cm³/mol. The van der Waals surface area contributed by atoms with E-state index in [1.807, 2.05) is 30.3 Å². The number of hydrogen-bond donors (Lipinski definition) is 3. The number of carbonyl (C=O) groups excluding carboxylic acids is 1. The Balaban J connectivity index is 1.23. The van der Waals surface area contributed by atoms with E-state index < -0.39 is 18.1 Å². The normalized spacial score (nSPS) is 21.3. The molecule has 0 bridgehead atoms. The van der Waals surface area contributed by atoms with Crippen LogP contribution in [0.5, 0.6) is 0 Å². The summed E-state index contributed by atoms with van der Waals surface area (Å²) in [5.41, 5.74) is 3.16. The van der Waals surface area contributed by atoms with Gasteiger partial charge in [-0.2, -0.15) is 13.2 Å². The van der Waals surface area contributed by atoms with Crippen LogP contribution in [0.15, 0.2) is 55.0 Å². The first-order valence-corrected chi connectivity index (χ1v) is 13.9. The number of pyridine rings is 1. The van der Waals surface area contributed by atoms with Gasteiger partial charge < -0.3 is 20.3 Å². The van der Waals surface area contributed by atoms with E-state index in [1.165, 1.54) is 19.5 Å². The van der Waals surface area contributed by atoms with Crippen LogP contribution in [0.3, 0.4) is 0 Å². The quantitative estimate of drug-likeness (QED) is 0.332. The highest BCUT2D eigenvalue weighted by Gasteiger charge is 2.35. The molecule has 1 aromatic carbocycles. The van der Waals surface area contributed by atoms with E-state index in [0.717, 1.165) is 62.0 Å². The van der Waals surface area contributed by atoms with Crippen LogP contribution in [-0.4, -0.2) is 59.4 Å². The molecule has 5 rings (SSSR count). The molecule has 41 heavy (non-hydrogen) atoms. The van der Waals surface area contributed by atoms with Crippen molar-refractivity contribution in [1.82, 2.24) is 20.3 Å². The van der Waals surface area contributed by atoms with Crippen LogP contribution in [-0.2, 0) is 10.9 Å². The van der Waals surface area contributed by atoms with Crippen molar-refractivity contribution in [3.8, 4) is 11.1 Å². The Morgan fingerprint density at radius 2 is 1.73 bits per heavy atom. The van der Waals surface area contributed by atoms with Crippen LogP contribution in [0.25, 0.3) is 11.1 Å². The molecule has 0 radical (unpaired) electrons. The second-order valence-corrected chi connectivity index (χ2v) is 10.5. The molecule has 9 nitrogen and oxygen atoms in total. The molecule has 3 heterocycles. The number of halogens is 3. The van der Waals surface area contributed by atoms with Gasteiger partial charge >= 0.3 is 12.3 Å². The lowest BCUT2D eigenvalue weighted by molar-refractivity contribution is -0.145. The molecule has 1 saturated heterocycles. The first-order chi connectivity index (χ1) is 19.8. The molecule has 0 unspecified atom stereocenters. The van der Waals surface area contributed by atoms with Gasteiger partial charge in [0, 0.05) is 43.1 Å². The lowest BCUT2D eigenvalue weighted by atomic mass is 9.89. The fraction of sp³-hybridized carbons (Fsp3) is 0.448. The number of piperidine rings is 1. The van der Waals surface area contributed by atoms with Crippen LogP contribution >= 0.6 is 0 Å². The molecule has 3 aromatic rings. The molecule has 2 fully saturated rings. The third kappa shape index (κ3) is 7.43. The topological polar surface area (TPSA) is 104 Å². The number of anilines is 3. The van der Waals surface area contributed by atoms with Gasteiger partial charge in [0.2, 0.25) is 5.82 Å². The number of methoxy groups -OCH3 is 1. The molecular weight excluding hydrogens is 535 g/mol. The monoisotopic (exact) mass is 569 g/mol. The molecule has 12 heteroatoms. The van der Waals surface area contributed by atoms with Crippen molar-refractivity contribution in [3.05, 3.63) is 60.8 Å². The smallest absolute Gasteiger partial charge is 0.451 e. The third-order valence-electron chi connectivity index (χ3n) is 7.61. The predicted octanol–water partition coefficient (Wildman–Crippen LogP) is 5.72. The Bertz CT molecular complexity index is 1320. The van der Waals surface area contributed by atoms with Gasteiger partial charge in [0.25, 0.3) is 0 Å². The van der Waals surface area contributed by atoms with Gasteiger partial charge in [-0.15, -0.1) is 0 Å². The summed E-state index contributed by atoms with van der Waals surface area (Å²) in [4.78, 5) is 25.3. The number of alkyl halides is 3. The number of carbonyl (C=O) groups is 1. The van der Waals surface area contributed by atoms with E-state index in [1.54, 1.807) is 12.3 Å². The minimum atomic E-state index is -4.55. The van der Waals surface area contributed by atoms with Crippen molar-refractivity contribution in [2.24, 2.45) is 0 Å². The zero-order valence-electron chi connectivity index (χ0n) is 22.8. The highest BCUT2D eigenvalue weighted by atomic mass is 19.4. The van der Waals surface area contributed by atoms with E-state index in [9.17, 15) is 18.0 Å². The Labute approximate surface area is 236 Å². The first kappa shape index (κ1) is 28.6. The SMILES string of the molecule is COC(=O)Nc1cccc(-c2ccnc(N[C@@H]3CCCC[C@H]3N[C@H]3CCCN(c4cnc(C(F)(F)F)nc4)C3)c2)c1. The molecule has 1 saturated carbocycles. The molecule has 3 atom stereocenters. The molecule has 2 aliphatic rings. The highest BCUT2D eigenvalue weighted by molar-refractivity contribution is 5.85. The molecule has 3 N–H and O–H groups in total. The standard InChI is InChI=1S/C29H34F3N7O2/c1-41-28(40)37-21-7-4-6-19(14-21)20-11-12-33-26(15-20)38-25-10-3-2-9-24(25)36-22-8-5-13-39(18-22)23-16-34-27(35-17-23)29(30,31)32/h4,6-7,11-12,14-17,22,24-25,36H,2-3,5,8-10,13,18H2,1H3,(H,33,38)(H,37,40)/t22-,24+,25+/m0/s1. The van der Waals surface area contributed by atoms with Crippen LogP contribution in [0.1, 0.15) is 44.3 Å². The van der Waals surface area contributed by atoms with Crippen LogP contribution in [0.4, 0.5) is 35.2 Å². The van der Waals surface area contributed by atoms with E-state index in [0.29, 0.717) is 17.9 Å². The van der Waals surface area contributed by atoms with Gasteiger partial charge in [0.05, 0.1) is 25.2 Å². The average molecular weight is 570 g/mol. The fourth-order valence-electron chi connectivity index (χ4n) is 5.61. The third-order valence-corrected chi connectivity index (χ3v) is 7.61. The molecule has 1 aliphatic heterocycles. The van der Waals surface area contributed by atoms with Gasteiger partial charge in [0.15, 0.2) is 0 Å². The van der Waals surface area contributed by atoms with Crippen molar-refractivity contribution < 1.29 is 22.7 Å².